The molecule has 9 heteroatoms. The van der Waals surface area contributed by atoms with Gasteiger partial charge in [-0.15, -0.1) is 0 Å². The summed E-state index contributed by atoms with van der Waals surface area (Å²) in [6, 6.07) is 22.3. The molecule has 0 radical (unpaired) electrons. The normalized spacial score (nSPS) is 10.9. The number of aromatic nitrogens is 4. The molecular formula is C27H26N8O. The quantitative estimate of drug-likeness (QED) is 0.294. The molecule has 5 aromatic rings. The molecule has 180 valence electrons. The highest BCUT2D eigenvalue weighted by Gasteiger charge is 2.12. The van der Waals surface area contributed by atoms with Crippen molar-refractivity contribution in [3.8, 4) is 0 Å². The average Bonchev–Trinajstić information content (AvgIpc) is 3.18. The largest absolute Gasteiger partial charge is 0.397 e. The monoisotopic (exact) mass is 478 g/mol. The number of nitrogens with two attached hydrogens (primary N) is 1. The molecule has 0 atom stereocenters. The molecule has 1 amide bonds. The Morgan fingerprint density at radius 3 is 2.58 bits per heavy atom. The van der Waals surface area contributed by atoms with Crippen molar-refractivity contribution in [3.63, 3.8) is 0 Å². The topological polar surface area (TPSA) is 114 Å². The van der Waals surface area contributed by atoms with Crippen molar-refractivity contribution in [1.82, 2.24) is 19.7 Å². The summed E-state index contributed by atoms with van der Waals surface area (Å²) in [6.45, 7) is 2.05. The molecule has 2 aromatic heterocycles. The van der Waals surface area contributed by atoms with Crippen molar-refractivity contribution < 1.29 is 4.79 Å². The number of rotatable bonds is 6. The molecule has 0 fully saturated rings. The minimum absolute atomic E-state index is 0.237. The molecule has 4 N–H and O–H groups in total. The number of nitrogens with one attached hydrogen (secondary N) is 2. The fourth-order valence-corrected chi connectivity index (χ4v) is 3.90. The van der Waals surface area contributed by atoms with E-state index in [2.05, 4.69) is 44.8 Å². The van der Waals surface area contributed by atoms with E-state index < -0.39 is 0 Å². The van der Waals surface area contributed by atoms with Crippen LogP contribution in [-0.4, -0.2) is 32.7 Å². The molecule has 0 unspecified atom stereocenters. The number of fused-ring (bicyclic) bond motifs is 1. The highest BCUT2D eigenvalue weighted by Crippen LogP contribution is 2.27. The van der Waals surface area contributed by atoms with Crippen LogP contribution in [-0.2, 0) is 7.05 Å². The fraction of sp³-hybridized carbons (Fsp3) is 0.111. The van der Waals surface area contributed by atoms with Gasteiger partial charge in [0.25, 0.3) is 5.91 Å². The van der Waals surface area contributed by atoms with Crippen LogP contribution < -0.4 is 21.3 Å². The summed E-state index contributed by atoms with van der Waals surface area (Å²) >= 11 is 0. The summed E-state index contributed by atoms with van der Waals surface area (Å²) in [5, 5.41) is 11.7. The average molecular weight is 479 g/mol. The predicted octanol–water partition coefficient (Wildman–Crippen LogP) is 5.02. The number of benzene rings is 3. The smallest absolute Gasteiger partial charge is 0.255 e. The van der Waals surface area contributed by atoms with Gasteiger partial charge in [-0.2, -0.15) is 10.1 Å². The number of para-hydroxylation sites is 2. The molecule has 0 aliphatic carbocycles. The van der Waals surface area contributed by atoms with Gasteiger partial charge < -0.3 is 21.3 Å². The Morgan fingerprint density at radius 1 is 1.03 bits per heavy atom. The van der Waals surface area contributed by atoms with Gasteiger partial charge in [0.15, 0.2) is 0 Å². The Labute approximate surface area is 208 Å². The van der Waals surface area contributed by atoms with Crippen LogP contribution in [0.4, 0.5) is 34.5 Å². The number of nitrogen functional groups attached to an aromatic ring is 1. The van der Waals surface area contributed by atoms with Gasteiger partial charge in [0, 0.05) is 48.3 Å². The standard InChI is InChI=1S/C27H26N8O/c1-17-21-13-12-20(16-24(21)33-35(17)3)34(2)25-14-15-29-27(32-25)30-19-10-8-18(9-11-19)26(36)31-23-7-5-4-6-22(23)28/h4-16H,28H2,1-3H3,(H,31,36)(H,29,30,32). The number of amides is 1. The fourth-order valence-electron chi connectivity index (χ4n) is 3.90. The maximum Gasteiger partial charge on any atom is 0.255 e. The Balaban J connectivity index is 1.29. The zero-order chi connectivity index (χ0) is 25.2. The Bertz CT molecular complexity index is 1560. The number of anilines is 6. The SMILES string of the molecule is Cc1c2ccc(N(C)c3ccnc(Nc4ccc(C(=O)Nc5ccccc5N)cc4)n3)cc2nn1C. The second-order valence-corrected chi connectivity index (χ2v) is 8.45. The summed E-state index contributed by atoms with van der Waals surface area (Å²) in [4.78, 5) is 23.6. The van der Waals surface area contributed by atoms with Crippen molar-refractivity contribution in [3.05, 3.63) is 90.3 Å². The Kier molecular flexibility index (Phi) is 5.95. The minimum Gasteiger partial charge on any atom is -0.397 e. The van der Waals surface area contributed by atoms with Gasteiger partial charge in [0.1, 0.15) is 5.82 Å². The van der Waals surface area contributed by atoms with Crippen LogP contribution in [0.25, 0.3) is 10.9 Å². The molecule has 0 saturated heterocycles. The van der Waals surface area contributed by atoms with Crippen LogP contribution in [0.2, 0.25) is 0 Å². The van der Waals surface area contributed by atoms with E-state index in [4.69, 9.17) is 5.73 Å². The number of nitrogens with zero attached hydrogens (tertiary/aromatic N) is 5. The lowest BCUT2D eigenvalue weighted by Gasteiger charge is -2.19. The van der Waals surface area contributed by atoms with Gasteiger partial charge in [-0.1, -0.05) is 12.1 Å². The van der Waals surface area contributed by atoms with Crippen LogP contribution in [0.3, 0.4) is 0 Å². The van der Waals surface area contributed by atoms with Crippen LogP contribution in [0, 0.1) is 6.92 Å². The van der Waals surface area contributed by atoms with E-state index in [9.17, 15) is 4.79 Å². The molecule has 0 aliphatic heterocycles. The summed E-state index contributed by atoms with van der Waals surface area (Å²) in [7, 11) is 3.90. The highest BCUT2D eigenvalue weighted by atomic mass is 16.1. The summed E-state index contributed by atoms with van der Waals surface area (Å²) in [5.41, 5.74) is 11.3. The van der Waals surface area contributed by atoms with Gasteiger partial charge in [0.05, 0.1) is 16.9 Å². The number of carbonyl (C=O) groups is 1. The van der Waals surface area contributed by atoms with E-state index in [1.54, 1.807) is 42.6 Å². The van der Waals surface area contributed by atoms with Gasteiger partial charge >= 0.3 is 0 Å². The van der Waals surface area contributed by atoms with E-state index >= 15 is 0 Å². The van der Waals surface area contributed by atoms with Crippen LogP contribution in [0.15, 0.2) is 79.0 Å². The Morgan fingerprint density at radius 2 is 1.81 bits per heavy atom. The molecule has 0 bridgehead atoms. The second kappa shape index (κ2) is 9.38. The molecule has 3 aromatic carbocycles. The Hall–Kier alpha value is -4.92. The zero-order valence-corrected chi connectivity index (χ0v) is 20.2. The first kappa shape index (κ1) is 22.9. The number of hydrogen-bond donors (Lipinski definition) is 3. The lowest BCUT2D eigenvalue weighted by atomic mass is 10.2. The van der Waals surface area contributed by atoms with Gasteiger partial charge in [-0.05, 0) is 67.6 Å². The van der Waals surface area contributed by atoms with Crippen molar-refractivity contribution in [1.29, 1.82) is 0 Å². The van der Waals surface area contributed by atoms with Crippen LogP contribution in [0.1, 0.15) is 16.1 Å². The van der Waals surface area contributed by atoms with E-state index in [-0.39, 0.29) is 5.91 Å². The lowest BCUT2D eigenvalue weighted by molar-refractivity contribution is 0.102. The molecule has 0 spiro atoms. The molecule has 36 heavy (non-hydrogen) atoms. The zero-order valence-electron chi connectivity index (χ0n) is 20.2. The van der Waals surface area contributed by atoms with Gasteiger partial charge in [0.2, 0.25) is 5.95 Å². The minimum atomic E-state index is -0.237. The third kappa shape index (κ3) is 4.54. The van der Waals surface area contributed by atoms with E-state index in [0.29, 0.717) is 22.9 Å². The van der Waals surface area contributed by atoms with Crippen molar-refractivity contribution in [2.45, 2.75) is 6.92 Å². The number of carbonyl (C=O) groups excluding carboxylic acids is 1. The van der Waals surface area contributed by atoms with Crippen molar-refractivity contribution >= 4 is 51.3 Å². The second-order valence-electron chi connectivity index (χ2n) is 8.45. The molecular weight excluding hydrogens is 452 g/mol. The first-order valence-corrected chi connectivity index (χ1v) is 11.4. The summed E-state index contributed by atoms with van der Waals surface area (Å²) < 4.78 is 1.88. The molecule has 0 saturated carbocycles. The van der Waals surface area contributed by atoms with Crippen molar-refractivity contribution in [2.75, 3.05) is 28.3 Å². The number of hydrogen-bond acceptors (Lipinski definition) is 7. The maximum absolute atomic E-state index is 12.6. The van der Waals surface area contributed by atoms with Gasteiger partial charge in [-0.25, -0.2) is 4.98 Å². The lowest BCUT2D eigenvalue weighted by Crippen LogP contribution is -2.13. The van der Waals surface area contributed by atoms with Crippen LogP contribution in [0.5, 0.6) is 0 Å². The summed E-state index contributed by atoms with van der Waals surface area (Å²) in [5.74, 6) is 0.943. The van der Waals surface area contributed by atoms with Crippen molar-refractivity contribution in [2.24, 2.45) is 7.05 Å². The third-order valence-corrected chi connectivity index (χ3v) is 6.10. The highest BCUT2D eigenvalue weighted by molar-refractivity contribution is 6.05. The maximum atomic E-state index is 12.6. The van der Waals surface area contributed by atoms with E-state index in [1.165, 1.54) is 0 Å². The molecule has 5 rings (SSSR count). The molecule has 9 nitrogen and oxygen atoms in total. The number of aryl methyl sites for hydroxylation is 2. The third-order valence-electron chi connectivity index (χ3n) is 6.10. The predicted molar refractivity (Wildman–Crippen MR) is 144 cm³/mol. The first-order valence-electron chi connectivity index (χ1n) is 11.4. The summed E-state index contributed by atoms with van der Waals surface area (Å²) in [6.07, 6.45) is 1.71. The van der Waals surface area contributed by atoms with E-state index in [0.717, 1.165) is 33.8 Å². The van der Waals surface area contributed by atoms with Gasteiger partial charge in [-0.3, -0.25) is 9.48 Å². The molecule has 2 heterocycles. The molecule has 0 aliphatic rings. The van der Waals surface area contributed by atoms with Crippen LogP contribution >= 0.6 is 0 Å². The van der Waals surface area contributed by atoms with E-state index in [1.807, 2.05) is 47.9 Å². The first-order chi connectivity index (χ1) is 17.4.